The maximum atomic E-state index is 12.9. The number of benzene rings is 1. The lowest BCUT2D eigenvalue weighted by Crippen LogP contribution is -2.46. The van der Waals surface area contributed by atoms with E-state index < -0.39 is 17.5 Å². The van der Waals surface area contributed by atoms with Crippen molar-refractivity contribution < 1.29 is 23.0 Å². The Kier molecular flexibility index (Phi) is 5.76. The third-order valence-corrected chi connectivity index (χ3v) is 4.58. The number of phenolic OH excluding ortho intramolecular Hbond substituents is 1. The highest BCUT2D eigenvalue weighted by Gasteiger charge is 2.32. The van der Waals surface area contributed by atoms with Crippen LogP contribution in [0.1, 0.15) is 11.1 Å². The number of anilines is 1. The van der Waals surface area contributed by atoms with E-state index in [-0.39, 0.29) is 17.2 Å². The summed E-state index contributed by atoms with van der Waals surface area (Å²) in [5, 5.41) is 18.5. The molecular formula is C19H23F3N4O2. The second-order valence-electron chi connectivity index (χ2n) is 7.16. The van der Waals surface area contributed by atoms with Gasteiger partial charge in [0.25, 0.3) is 0 Å². The van der Waals surface area contributed by atoms with Crippen molar-refractivity contribution >= 4 is 5.82 Å². The summed E-state index contributed by atoms with van der Waals surface area (Å²) >= 11 is 0. The van der Waals surface area contributed by atoms with Crippen LogP contribution in [-0.2, 0) is 10.9 Å². The summed E-state index contributed by atoms with van der Waals surface area (Å²) in [4.78, 5) is 4.12. The largest absolute Gasteiger partial charge is 0.507 e. The standard InChI is InChI=1S/C19H23F3N4O2/c1-12-8-13(19(20,21)22)9-16(27)18(12)15-4-5-17(24-23-15)26-6-7-28-14(11-26)10-25(2)3/h4-5,8-9,14,27H,6-7,10-11H2,1-3H3/t14-/m1/s1. The number of phenols is 1. The third-order valence-electron chi connectivity index (χ3n) is 4.58. The number of morpholine rings is 1. The summed E-state index contributed by atoms with van der Waals surface area (Å²) in [7, 11) is 3.96. The summed E-state index contributed by atoms with van der Waals surface area (Å²) in [6.07, 6.45) is -4.46. The fourth-order valence-electron chi connectivity index (χ4n) is 3.34. The fourth-order valence-corrected chi connectivity index (χ4v) is 3.34. The molecule has 3 rings (SSSR count). The Morgan fingerprint density at radius 3 is 2.57 bits per heavy atom. The first-order valence-corrected chi connectivity index (χ1v) is 8.91. The van der Waals surface area contributed by atoms with E-state index in [1.54, 1.807) is 12.1 Å². The molecule has 2 heterocycles. The number of halogens is 3. The van der Waals surface area contributed by atoms with Crippen molar-refractivity contribution in [1.29, 1.82) is 0 Å². The van der Waals surface area contributed by atoms with Crippen molar-refractivity contribution in [3.05, 3.63) is 35.4 Å². The van der Waals surface area contributed by atoms with Crippen LogP contribution in [-0.4, -0.2) is 66.6 Å². The van der Waals surface area contributed by atoms with Gasteiger partial charge in [-0.15, -0.1) is 10.2 Å². The molecule has 1 aliphatic heterocycles. The van der Waals surface area contributed by atoms with Gasteiger partial charge in [-0.05, 0) is 50.8 Å². The van der Waals surface area contributed by atoms with Gasteiger partial charge in [0.2, 0.25) is 0 Å². The van der Waals surface area contributed by atoms with E-state index in [1.165, 1.54) is 6.92 Å². The van der Waals surface area contributed by atoms with Crippen LogP contribution in [0.2, 0.25) is 0 Å². The maximum absolute atomic E-state index is 12.9. The minimum absolute atomic E-state index is 0.0615. The zero-order valence-electron chi connectivity index (χ0n) is 16.0. The smallest absolute Gasteiger partial charge is 0.416 e. The molecule has 1 aromatic carbocycles. The maximum Gasteiger partial charge on any atom is 0.416 e. The van der Waals surface area contributed by atoms with E-state index in [0.29, 0.717) is 37.3 Å². The predicted octanol–water partition coefficient (Wildman–Crippen LogP) is 2.94. The van der Waals surface area contributed by atoms with Crippen molar-refractivity contribution in [3.8, 4) is 17.0 Å². The molecule has 6 nitrogen and oxygen atoms in total. The molecule has 0 unspecified atom stereocenters. The van der Waals surface area contributed by atoms with Crippen LogP contribution in [0.3, 0.4) is 0 Å². The van der Waals surface area contributed by atoms with Crippen LogP contribution in [0, 0.1) is 6.92 Å². The molecule has 1 atom stereocenters. The average Bonchev–Trinajstić information content (AvgIpc) is 2.60. The molecule has 1 N–H and O–H groups in total. The molecule has 28 heavy (non-hydrogen) atoms. The molecule has 9 heteroatoms. The van der Waals surface area contributed by atoms with Crippen LogP contribution >= 0.6 is 0 Å². The van der Waals surface area contributed by atoms with Gasteiger partial charge in [0.15, 0.2) is 5.82 Å². The van der Waals surface area contributed by atoms with Crippen LogP contribution in [0.25, 0.3) is 11.3 Å². The fraction of sp³-hybridized carbons (Fsp3) is 0.474. The first-order valence-electron chi connectivity index (χ1n) is 8.91. The van der Waals surface area contributed by atoms with Crippen LogP contribution in [0.5, 0.6) is 5.75 Å². The molecule has 0 saturated carbocycles. The molecule has 1 fully saturated rings. The number of nitrogens with zero attached hydrogens (tertiary/aromatic N) is 4. The number of aryl methyl sites for hydroxylation is 1. The molecule has 152 valence electrons. The Balaban J connectivity index is 1.81. The van der Waals surface area contributed by atoms with Gasteiger partial charge in [-0.2, -0.15) is 13.2 Å². The van der Waals surface area contributed by atoms with Crippen molar-refractivity contribution in [2.45, 2.75) is 19.2 Å². The normalized spacial score (nSPS) is 18.0. The van der Waals surface area contributed by atoms with Crippen LogP contribution in [0.4, 0.5) is 19.0 Å². The Labute approximate surface area is 161 Å². The van der Waals surface area contributed by atoms with E-state index in [9.17, 15) is 18.3 Å². The average molecular weight is 396 g/mol. The number of hydrogen-bond donors (Lipinski definition) is 1. The first kappa shape index (κ1) is 20.3. The second-order valence-corrected chi connectivity index (χ2v) is 7.16. The van der Waals surface area contributed by atoms with Crippen molar-refractivity contribution in [2.75, 3.05) is 45.2 Å². The van der Waals surface area contributed by atoms with Gasteiger partial charge in [0.1, 0.15) is 5.75 Å². The summed E-state index contributed by atoms with van der Waals surface area (Å²) in [5.41, 5.74) is -0.0343. The van der Waals surface area contributed by atoms with E-state index in [1.807, 2.05) is 14.1 Å². The SMILES string of the molecule is Cc1cc(C(F)(F)F)cc(O)c1-c1ccc(N2CCO[C@H](CN(C)C)C2)nn1. The Bertz CT molecular complexity index is 802. The Morgan fingerprint density at radius 1 is 1.25 bits per heavy atom. The van der Waals surface area contributed by atoms with Gasteiger partial charge in [-0.1, -0.05) is 0 Å². The van der Waals surface area contributed by atoms with Gasteiger partial charge in [-0.25, -0.2) is 0 Å². The molecule has 2 aromatic rings. The minimum atomic E-state index is -4.52. The number of likely N-dealkylation sites (N-methyl/N-ethyl adjacent to an activating group) is 1. The molecule has 1 saturated heterocycles. The van der Waals surface area contributed by atoms with Crippen molar-refractivity contribution in [2.24, 2.45) is 0 Å². The topological polar surface area (TPSA) is 61.7 Å². The summed E-state index contributed by atoms with van der Waals surface area (Å²) < 4.78 is 44.4. The predicted molar refractivity (Wildman–Crippen MR) is 99.4 cm³/mol. The van der Waals surface area contributed by atoms with Crippen LogP contribution < -0.4 is 4.90 Å². The second kappa shape index (κ2) is 7.92. The van der Waals surface area contributed by atoms with Gasteiger partial charge in [-0.3, -0.25) is 0 Å². The molecule has 1 aromatic heterocycles. The molecule has 0 radical (unpaired) electrons. The van der Waals surface area contributed by atoms with E-state index in [4.69, 9.17) is 4.74 Å². The number of hydrogen-bond acceptors (Lipinski definition) is 6. The lowest BCUT2D eigenvalue weighted by molar-refractivity contribution is -0.137. The zero-order valence-corrected chi connectivity index (χ0v) is 16.0. The zero-order chi connectivity index (χ0) is 20.5. The molecule has 0 spiro atoms. The first-order chi connectivity index (χ1) is 13.1. The number of ether oxygens (including phenoxy) is 1. The third kappa shape index (κ3) is 4.53. The lowest BCUT2D eigenvalue weighted by atomic mass is 10.0. The molecular weight excluding hydrogens is 373 g/mol. The van der Waals surface area contributed by atoms with E-state index in [0.717, 1.165) is 12.6 Å². The van der Waals surface area contributed by atoms with E-state index >= 15 is 0 Å². The highest BCUT2D eigenvalue weighted by molar-refractivity contribution is 5.71. The summed E-state index contributed by atoms with van der Waals surface area (Å²) in [6.45, 7) is 4.24. The highest BCUT2D eigenvalue weighted by Crippen LogP contribution is 2.38. The van der Waals surface area contributed by atoms with Crippen LogP contribution in [0.15, 0.2) is 24.3 Å². The van der Waals surface area contributed by atoms with Gasteiger partial charge >= 0.3 is 6.18 Å². The molecule has 1 aliphatic rings. The van der Waals surface area contributed by atoms with E-state index in [2.05, 4.69) is 20.0 Å². The van der Waals surface area contributed by atoms with Gasteiger partial charge in [0.05, 0.1) is 24.0 Å². The number of aromatic hydroxyl groups is 1. The van der Waals surface area contributed by atoms with Gasteiger partial charge in [0, 0.05) is 25.2 Å². The minimum Gasteiger partial charge on any atom is -0.507 e. The monoisotopic (exact) mass is 396 g/mol. The highest BCUT2D eigenvalue weighted by atomic mass is 19.4. The molecule has 0 aliphatic carbocycles. The summed E-state index contributed by atoms with van der Waals surface area (Å²) in [6, 6.07) is 5.13. The lowest BCUT2D eigenvalue weighted by Gasteiger charge is -2.34. The number of alkyl halides is 3. The summed E-state index contributed by atoms with van der Waals surface area (Å²) in [5.74, 6) is 0.201. The number of rotatable bonds is 4. The quantitative estimate of drug-likeness (QED) is 0.858. The Morgan fingerprint density at radius 2 is 2.00 bits per heavy atom. The van der Waals surface area contributed by atoms with Crippen molar-refractivity contribution in [3.63, 3.8) is 0 Å². The van der Waals surface area contributed by atoms with Gasteiger partial charge < -0.3 is 19.6 Å². The molecule has 0 amide bonds. The Hall–Kier alpha value is -2.39. The molecule has 0 bridgehead atoms. The van der Waals surface area contributed by atoms with Crippen molar-refractivity contribution in [1.82, 2.24) is 15.1 Å². The number of aromatic nitrogens is 2.